The molecular formula is C16H18N2O2. The minimum Gasteiger partial charge on any atom is -0.489 e. The lowest BCUT2D eigenvalue weighted by Crippen LogP contribution is -1.99. The smallest absolute Gasteiger partial charge is 0.119 e. The van der Waals surface area contributed by atoms with Crippen LogP contribution >= 0.6 is 0 Å². The summed E-state index contributed by atoms with van der Waals surface area (Å²) in [7, 11) is 0. The van der Waals surface area contributed by atoms with Gasteiger partial charge in [0.15, 0.2) is 0 Å². The Kier molecular flexibility index (Phi) is 4.71. The number of aryl methyl sites for hydroxylation is 1. The van der Waals surface area contributed by atoms with Crippen LogP contribution in [0.3, 0.4) is 0 Å². The van der Waals surface area contributed by atoms with Crippen molar-refractivity contribution >= 4 is 5.71 Å². The third-order valence-corrected chi connectivity index (χ3v) is 2.89. The third-order valence-electron chi connectivity index (χ3n) is 2.89. The quantitative estimate of drug-likeness (QED) is 0.515. The average molecular weight is 270 g/mol. The van der Waals surface area contributed by atoms with Gasteiger partial charge >= 0.3 is 0 Å². The molecule has 0 fully saturated rings. The first-order valence-electron chi connectivity index (χ1n) is 6.47. The topological polar surface area (TPSA) is 54.7 Å². The highest BCUT2D eigenvalue weighted by atomic mass is 16.5. The van der Waals surface area contributed by atoms with Crippen molar-refractivity contribution < 1.29 is 9.94 Å². The molecule has 1 aromatic carbocycles. The van der Waals surface area contributed by atoms with Crippen molar-refractivity contribution in [1.29, 1.82) is 0 Å². The fourth-order valence-electron chi connectivity index (χ4n) is 1.90. The van der Waals surface area contributed by atoms with Crippen LogP contribution < -0.4 is 4.74 Å². The Labute approximate surface area is 118 Å². The molecule has 0 atom stereocenters. The van der Waals surface area contributed by atoms with E-state index in [0.717, 1.165) is 22.4 Å². The number of aromatic nitrogens is 1. The Morgan fingerprint density at radius 2 is 1.95 bits per heavy atom. The molecule has 0 radical (unpaired) electrons. The van der Waals surface area contributed by atoms with Crippen molar-refractivity contribution in [2.24, 2.45) is 5.16 Å². The maximum absolute atomic E-state index is 8.64. The second-order valence-electron chi connectivity index (χ2n) is 4.82. The van der Waals surface area contributed by atoms with Crippen LogP contribution in [-0.4, -0.2) is 15.9 Å². The van der Waals surface area contributed by atoms with Gasteiger partial charge in [0.05, 0.1) is 5.71 Å². The maximum atomic E-state index is 8.64. The van der Waals surface area contributed by atoms with Crippen LogP contribution in [0.1, 0.15) is 23.6 Å². The van der Waals surface area contributed by atoms with Crippen LogP contribution in [0, 0.1) is 6.92 Å². The molecule has 0 unspecified atom stereocenters. The molecule has 1 heterocycles. The Balaban J connectivity index is 1.94. The van der Waals surface area contributed by atoms with Crippen LogP contribution in [0.4, 0.5) is 0 Å². The molecule has 0 aliphatic heterocycles. The van der Waals surface area contributed by atoms with E-state index in [1.807, 2.05) is 43.6 Å². The van der Waals surface area contributed by atoms with E-state index in [9.17, 15) is 0 Å². The molecule has 4 heteroatoms. The average Bonchev–Trinajstić information content (AvgIpc) is 2.46. The molecule has 4 nitrogen and oxygen atoms in total. The summed E-state index contributed by atoms with van der Waals surface area (Å²) < 4.78 is 5.71. The van der Waals surface area contributed by atoms with E-state index in [0.29, 0.717) is 18.7 Å². The van der Waals surface area contributed by atoms with Gasteiger partial charge in [-0.1, -0.05) is 17.3 Å². The van der Waals surface area contributed by atoms with E-state index in [1.165, 1.54) is 0 Å². The molecule has 104 valence electrons. The largest absolute Gasteiger partial charge is 0.489 e. The molecule has 0 saturated carbocycles. The van der Waals surface area contributed by atoms with Crippen molar-refractivity contribution in [3.63, 3.8) is 0 Å². The van der Waals surface area contributed by atoms with E-state index in [-0.39, 0.29) is 0 Å². The van der Waals surface area contributed by atoms with E-state index in [2.05, 4.69) is 16.2 Å². The molecule has 0 amide bonds. The summed E-state index contributed by atoms with van der Waals surface area (Å²) in [6, 6.07) is 9.84. The number of benzene rings is 1. The molecule has 0 spiro atoms. The van der Waals surface area contributed by atoms with Gasteiger partial charge in [-0.15, -0.1) is 0 Å². The van der Waals surface area contributed by atoms with E-state index >= 15 is 0 Å². The lowest BCUT2D eigenvalue weighted by atomic mass is 10.1. The zero-order valence-electron chi connectivity index (χ0n) is 11.7. The molecule has 0 aliphatic carbocycles. The molecule has 0 saturated heterocycles. The van der Waals surface area contributed by atoms with E-state index in [4.69, 9.17) is 9.94 Å². The normalized spacial score (nSPS) is 11.4. The van der Waals surface area contributed by atoms with Gasteiger partial charge in [0.2, 0.25) is 0 Å². The van der Waals surface area contributed by atoms with Crippen LogP contribution in [0.15, 0.2) is 47.9 Å². The van der Waals surface area contributed by atoms with Gasteiger partial charge in [-0.2, -0.15) is 0 Å². The van der Waals surface area contributed by atoms with E-state index in [1.54, 1.807) is 6.92 Å². The van der Waals surface area contributed by atoms with Crippen molar-refractivity contribution in [2.45, 2.75) is 26.9 Å². The van der Waals surface area contributed by atoms with Gasteiger partial charge < -0.3 is 9.94 Å². The fourth-order valence-corrected chi connectivity index (χ4v) is 1.90. The number of rotatable bonds is 5. The van der Waals surface area contributed by atoms with Crippen LogP contribution in [0.5, 0.6) is 5.75 Å². The summed E-state index contributed by atoms with van der Waals surface area (Å²) in [5.41, 5.74) is 3.95. The predicted octanol–water partition coefficient (Wildman–Crippen LogP) is 3.36. The number of hydrogen-bond acceptors (Lipinski definition) is 4. The Bertz CT molecular complexity index is 592. The molecule has 20 heavy (non-hydrogen) atoms. The van der Waals surface area contributed by atoms with Gasteiger partial charge in [-0.05, 0) is 43.2 Å². The molecule has 0 aliphatic rings. The highest BCUT2D eigenvalue weighted by Crippen LogP contribution is 2.15. The second-order valence-corrected chi connectivity index (χ2v) is 4.82. The summed E-state index contributed by atoms with van der Waals surface area (Å²) in [5.74, 6) is 0.814. The number of oxime groups is 1. The number of ether oxygens (including phenoxy) is 1. The number of nitrogens with zero attached hydrogens (tertiary/aromatic N) is 2. The molecular weight excluding hydrogens is 252 g/mol. The first-order valence-corrected chi connectivity index (χ1v) is 6.47. The number of pyridine rings is 1. The zero-order chi connectivity index (χ0) is 14.4. The molecule has 1 aromatic heterocycles. The van der Waals surface area contributed by atoms with Gasteiger partial charge in [0.1, 0.15) is 12.4 Å². The fraction of sp³-hybridized carbons (Fsp3) is 0.250. The standard InChI is InChI=1S/C16H18N2O2/c1-12-7-15(10-17-9-12)11-20-16-5-3-14(4-6-16)8-13(2)18-19/h3-7,9-10,19H,8,11H2,1-2H3/b18-13-. The summed E-state index contributed by atoms with van der Waals surface area (Å²) in [4.78, 5) is 4.14. The minimum absolute atomic E-state index is 0.505. The first-order chi connectivity index (χ1) is 9.67. The van der Waals surface area contributed by atoms with Crippen LogP contribution in [0.25, 0.3) is 0 Å². The summed E-state index contributed by atoms with van der Waals surface area (Å²) in [6.07, 6.45) is 4.27. The third kappa shape index (κ3) is 4.09. The summed E-state index contributed by atoms with van der Waals surface area (Å²) in [6.45, 7) is 4.30. The van der Waals surface area contributed by atoms with Crippen LogP contribution in [0.2, 0.25) is 0 Å². The van der Waals surface area contributed by atoms with Crippen LogP contribution in [-0.2, 0) is 13.0 Å². The summed E-state index contributed by atoms with van der Waals surface area (Å²) >= 11 is 0. The van der Waals surface area contributed by atoms with Gasteiger partial charge in [0.25, 0.3) is 0 Å². The minimum atomic E-state index is 0.505. The summed E-state index contributed by atoms with van der Waals surface area (Å²) in [5, 5.41) is 11.8. The second kappa shape index (κ2) is 6.70. The highest BCUT2D eigenvalue weighted by Gasteiger charge is 2.00. The monoisotopic (exact) mass is 270 g/mol. The van der Waals surface area contributed by atoms with Crippen molar-refractivity contribution in [2.75, 3.05) is 0 Å². The molecule has 0 bridgehead atoms. The zero-order valence-corrected chi connectivity index (χ0v) is 11.7. The lowest BCUT2D eigenvalue weighted by molar-refractivity contribution is 0.305. The lowest BCUT2D eigenvalue weighted by Gasteiger charge is -2.07. The van der Waals surface area contributed by atoms with Crippen molar-refractivity contribution in [3.8, 4) is 5.75 Å². The Hall–Kier alpha value is -2.36. The van der Waals surface area contributed by atoms with Gasteiger partial charge in [0, 0.05) is 24.4 Å². The van der Waals surface area contributed by atoms with Crippen molar-refractivity contribution in [3.05, 3.63) is 59.4 Å². The Morgan fingerprint density at radius 1 is 1.20 bits per heavy atom. The maximum Gasteiger partial charge on any atom is 0.119 e. The van der Waals surface area contributed by atoms with Gasteiger partial charge in [-0.3, -0.25) is 4.98 Å². The SMILES string of the molecule is C/C(Cc1ccc(OCc2cncc(C)c2)cc1)=N/O. The molecule has 1 N–H and O–H groups in total. The predicted molar refractivity (Wildman–Crippen MR) is 78.3 cm³/mol. The Morgan fingerprint density at radius 3 is 2.60 bits per heavy atom. The van der Waals surface area contributed by atoms with E-state index < -0.39 is 0 Å². The first kappa shape index (κ1) is 14.1. The van der Waals surface area contributed by atoms with Gasteiger partial charge in [-0.25, -0.2) is 0 Å². The highest BCUT2D eigenvalue weighted by molar-refractivity contribution is 5.83. The molecule has 2 rings (SSSR count). The van der Waals surface area contributed by atoms with Crippen molar-refractivity contribution in [1.82, 2.24) is 4.98 Å². The number of hydrogen-bond donors (Lipinski definition) is 1. The molecule has 2 aromatic rings.